The second-order valence-corrected chi connectivity index (χ2v) is 8.65. The van der Waals surface area contributed by atoms with E-state index in [1.807, 2.05) is 0 Å². The average molecular weight is 426 g/mol. The molecule has 2 N–H and O–H groups in total. The van der Waals surface area contributed by atoms with Crippen LogP contribution < -0.4 is 10.0 Å². The molecule has 0 unspecified atom stereocenters. The molecule has 1 aliphatic rings. The summed E-state index contributed by atoms with van der Waals surface area (Å²) in [6, 6.07) is 9.21. The summed E-state index contributed by atoms with van der Waals surface area (Å²) in [5.74, 6) is -0.617. The van der Waals surface area contributed by atoms with E-state index in [4.69, 9.17) is 11.6 Å². The van der Waals surface area contributed by atoms with Crippen LogP contribution in [0.3, 0.4) is 0 Å². The Balaban J connectivity index is 1.66. The Morgan fingerprint density at radius 1 is 0.964 bits per heavy atom. The van der Waals surface area contributed by atoms with Gasteiger partial charge in [0.2, 0.25) is 0 Å². The maximum Gasteiger partial charge on any atom is 0.321 e. The first kappa shape index (κ1) is 20.4. The highest BCUT2D eigenvalue weighted by molar-refractivity contribution is 7.92. The Morgan fingerprint density at radius 3 is 2.18 bits per heavy atom. The van der Waals surface area contributed by atoms with Crippen LogP contribution >= 0.6 is 11.6 Å². The van der Waals surface area contributed by atoms with E-state index in [2.05, 4.69) is 10.0 Å². The van der Waals surface area contributed by atoms with Gasteiger partial charge in [-0.3, -0.25) is 4.72 Å². The molecule has 0 saturated carbocycles. The number of hydrogen-bond acceptors (Lipinski definition) is 3. The van der Waals surface area contributed by atoms with Gasteiger partial charge in [0.15, 0.2) is 0 Å². The maximum absolute atomic E-state index is 13.1. The fourth-order valence-corrected chi connectivity index (χ4v) is 4.59. The van der Waals surface area contributed by atoms with E-state index in [1.165, 1.54) is 12.1 Å². The smallest absolute Gasteiger partial charge is 0.321 e. The Labute approximate surface area is 168 Å². The zero-order valence-corrected chi connectivity index (χ0v) is 16.7. The number of rotatable bonds is 4. The molecule has 2 aromatic carbocycles. The van der Waals surface area contributed by atoms with Crippen molar-refractivity contribution in [1.82, 2.24) is 4.90 Å². The fourth-order valence-electron chi connectivity index (χ4n) is 3.00. The lowest BCUT2D eigenvalue weighted by atomic mass is 10.2. The van der Waals surface area contributed by atoms with E-state index in [0.29, 0.717) is 11.4 Å². The molecule has 28 heavy (non-hydrogen) atoms. The summed E-state index contributed by atoms with van der Waals surface area (Å²) in [5.41, 5.74) is 0.866. The number of urea groups is 1. The third-order valence-electron chi connectivity index (χ3n) is 4.47. The van der Waals surface area contributed by atoms with Crippen molar-refractivity contribution in [2.24, 2.45) is 0 Å². The van der Waals surface area contributed by atoms with Crippen LogP contribution in [0.1, 0.15) is 25.7 Å². The van der Waals surface area contributed by atoms with Crippen molar-refractivity contribution < 1.29 is 17.6 Å². The van der Waals surface area contributed by atoms with Crippen LogP contribution in [0.4, 0.5) is 20.6 Å². The minimum Gasteiger partial charge on any atom is -0.325 e. The molecule has 150 valence electrons. The molecule has 6 nitrogen and oxygen atoms in total. The number of benzene rings is 2. The topological polar surface area (TPSA) is 78.5 Å². The van der Waals surface area contributed by atoms with Crippen molar-refractivity contribution in [2.45, 2.75) is 30.6 Å². The Kier molecular flexibility index (Phi) is 6.41. The highest BCUT2D eigenvalue weighted by Gasteiger charge is 2.19. The maximum atomic E-state index is 13.1. The lowest BCUT2D eigenvalue weighted by Gasteiger charge is -2.20. The van der Waals surface area contributed by atoms with Crippen LogP contribution in [0.2, 0.25) is 5.02 Å². The molecule has 0 atom stereocenters. The average Bonchev–Trinajstić information content (AvgIpc) is 2.92. The SMILES string of the molecule is O=C(Nc1ccc(NS(=O)(=O)c2ccc(F)cc2Cl)cc1)N1CCCCCC1. The zero-order chi connectivity index (χ0) is 20.1. The lowest BCUT2D eigenvalue weighted by molar-refractivity contribution is 0.214. The van der Waals surface area contributed by atoms with E-state index in [9.17, 15) is 17.6 Å². The molecule has 2 amide bonds. The molecular formula is C19H21ClFN3O3S. The first-order valence-corrected chi connectivity index (χ1v) is 10.9. The second kappa shape index (κ2) is 8.79. The molecular weight excluding hydrogens is 405 g/mol. The third-order valence-corrected chi connectivity index (χ3v) is 6.33. The monoisotopic (exact) mass is 425 g/mol. The van der Waals surface area contributed by atoms with Gasteiger partial charge in [-0.2, -0.15) is 0 Å². The summed E-state index contributed by atoms with van der Waals surface area (Å²) in [6.07, 6.45) is 4.27. The number of anilines is 2. The molecule has 3 rings (SSSR count). The highest BCUT2D eigenvalue weighted by Crippen LogP contribution is 2.25. The molecule has 0 aliphatic carbocycles. The third kappa shape index (κ3) is 5.14. The standard InChI is InChI=1S/C19H21ClFN3O3S/c20-17-13-14(21)5-10-18(17)28(26,27)23-16-8-6-15(7-9-16)22-19(25)24-11-3-1-2-4-12-24/h5-10,13,23H,1-4,11-12H2,(H,22,25). The van der Waals surface area contributed by atoms with Gasteiger partial charge in [0.05, 0.1) is 5.02 Å². The Bertz CT molecular complexity index is 943. The summed E-state index contributed by atoms with van der Waals surface area (Å²) in [6.45, 7) is 1.48. The number of amides is 2. The molecule has 0 radical (unpaired) electrons. The number of nitrogens with one attached hydrogen (secondary N) is 2. The van der Waals surface area contributed by atoms with Gasteiger partial charge in [0.1, 0.15) is 10.7 Å². The number of carbonyl (C=O) groups excluding carboxylic acids is 1. The molecule has 1 aliphatic heterocycles. The summed E-state index contributed by atoms with van der Waals surface area (Å²) in [5, 5.41) is 2.62. The Morgan fingerprint density at radius 2 is 1.57 bits per heavy atom. The zero-order valence-electron chi connectivity index (χ0n) is 15.1. The molecule has 0 spiro atoms. The van der Waals surface area contributed by atoms with Crippen LogP contribution in [0.25, 0.3) is 0 Å². The van der Waals surface area contributed by atoms with Gasteiger partial charge in [0.25, 0.3) is 10.0 Å². The molecule has 0 bridgehead atoms. The number of nitrogens with zero attached hydrogens (tertiary/aromatic N) is 1. The highest BCUT2D eigenvalue weighted by atomic mass is 35.5. The van der Waals surface area contributed by atoms with Crippen LogP contribution in [-0.2, 0) is 10.0 Å². The van der Waals surface area contributed by atoms with Crippen molar-refractivity contribution in [3.63, 3.8) is 0 Å². The van der Waals surface area contributed by atoms with Gasteiger partial charge >= 0.3 is 6.03 Å². The summed E-state index contributed by atoms with van der Waals surface area (Å²) in [7, 11) is -3.96. The lowest BCUT2D eigenvalue weighted by Crippen LogP contribution is -2.35. The normalized spacial score (nSPS) is 15.0. The van der Waals surface area contributed by atoms with Gasteiger partial charge in [-0.15, -0.1) is 0 Å². The van der Waals surface area contributed by atoms with Crippen molar-refractivity contribution >= 4 is 39.0 Å². The summed E-state index contributed by atoms with van der Waals surface area (Å²) >= 11 is 5.84. The van der Waals surface area contributed by atoms with Crippen molar-refractivity contribution in [1.29, 1.82) is 0 Å². The quantitative estimate of drug-likeness (QED) is 0.745. The largest absolute Gasteiger partial charge is 0.325 e. The van der Waals surface area contributed by atoms with Gasteiger partial charge < -0.3 is 10.2 Å². The number of sulfonamides is 1. The fraction of sp³-hybridized carbons (Fsp3) is 0.316. The summed E-state index contributed by atoms with van der Waals surface area (Å²) in [4.78, 5) is 13.9. The summed E-state index contributed by atoms with van der Waals surface area (Å²) < 4.78 is 40.4. The van der Waals surface area contributed by atoms with E-state index >= 15 is 0 Å². The van der Waals surface area contributed by atoms with Crippen LogP contribution in [0, 0.1) is 5.82 Å². The van der Waals surface area contributed by atoms with Crippen molar-refractivity contribution in [3.8, 4) is 0 Å². The first-order valence-electron chi connectivity index (χ1n) is 8.99. The predicted molar refractivity (Wildman–Crippen MR) is 108 cm³/mol. The molecule has 9 heteroatoms. The van der Waals surface area contributed by atoms with Crippen LogP contribution in [-0.4, -0.2) is 32.4 Å². The molecule has 1 heterocycles. The van der Waals surface area contributed by atoms with E-state index < -0.39 is 15.8 Å². The first-order chi connectivity index (χ1) is 13.3. The number of halogens is 2. The van der Waals surface area contributed by atoms with E-state index in [0.717, 1.165) is 57.0 Å². The van der Waals surface area contributed by atoms with Gasteiger partial charge in [0, 0.05) is 24.5 Å². The molecule has 1 fully saturated rings. The second-order valence-electron chi connectivity index (χ2n) is 6.59. The van der Waals surface area contributed by atoms with Crippen LogP contribution in [0.5, 0.6) is 0 Å². The predicted octanol–water partition coefficient (Wildman–Crippen LogP) is 4.69. The van der Waals surface area contributed by atoms with Crippen molar-refractivity contribution in [2.75, 3.05) is 23.1 Å². The van der Waals surface area contributed by atoms with Gasteiger partial charge in [-0.1, -0.05) is 24.4 Å². The number of likely N-dealkylation sites (tertiary alicyclic amines) is 1. The minimum atomic E-state index is -3.96. The minimum absolute atomic E-state index is 0.159. The van der Waals surface area contributed by atoms with Crippen molar-refractivity contribution in [3.05, 3.63) is 53.3 Å². The molecule has 1 saturated heterocycles. The molecule has 0 aromatic heterocycles. The van der Waals surface area contributed by atoms with Crippen LogP contribution in [0.15, 0.2) is 47.4 Å². The van der Waals surface area contributed by atoms with Gasteiger partial charge in [-0.25, -0.2) is 17.6 Å². The molecule has 2 aromatic rings. The number of carbonyl (C=O) groups is 1. The Hall–Kier alpha value is -2.32. The van der Waals surface area contributed by atoms with E-state index in [1.54, 1.807) is 17.0 Å². The van der Waals surface area contributed by atoms with E-state index in [-0.39, 0.29) is 15.9 Å². The van der Waals surface area contributed by atoms with Gasteiger partial charge in [-0.05, 0) is 55.3 Å². The number of hydrogen-bond donors (Lipinski definition) is 2.